The molecule has 9 nitrogen and oxygen atoms in total. The van der Waals surface area contributed by atoms with Crippen molar-refractivity contribution < 1.29 is 14.0 Å². The summed E-state index contributed by atoms with van der Waals surface area (Å²) in [5.41, 5.74) is 12.2. The molecule has 1 atom stereocenters. The Hall–Kier alpha value is -5.00. The number of carbonyl (C=O) groups excluding carboxylic acids is 2. The molecule has 0 radical (unpaired) electrons. The topological polar surface area (TPSA) is 120 Å². The van der Waals surface area contributed by atoms with Gasteiger partial charge in [-0.3, -0.25) is 24.6 Å². The third kappa shape index (κ3) is 7.12. The number of fused-ring (bicyclic) bond motifs is 1. The first-order chi connectivity index (χ1) is 23.3. The van der Waals surface area contributed by atoms with Gasteiger partial charge in [0, 0.05) is 49.0 Å². The molecule has 0 spiro atoms. The zero-order valence-corrected chi connectivity index (χ0v) is 27.6. The van der Waals surface area contributed by atoms with Crippen LogP contribution in [-0.4, -0.2) is 81.8 Å². The van der Waals surface area contributed by atoms with Gasteiger partial charge in [0.1, 0.15) is 10.6 Å². The number of aliphatic imine (C=N–C) groups is 1. The number of nitrogens with one attached hydrogen (secondary N) is 2. The molecule has 3 heterocycles. The smallest absolute Gasteiger partial charge is 0.241 e. The minimum atomic E-state index is -0.676. The van der Waals surface area contributed by atoms with Crippen molar-refractivity contribution in [2.75, 3.05) is 44.3 Å². The predicted octanol–water partition coefficient (Wildman–Crippen LogP) is 5.94. The maximum Gasteiger partial charge on any atom is 0.241 e. The summed E-state index contributed by atoms with van der Waals surface area (Å²) in [7, 11) is 0. The van der Waals surface area contributed by atoms with E-state index >= 15 is 0 Å². The number of carbonyl (C=O) groups is 2. The minimum Gasteiger partial charge on any atom is -0.405 e. The predicted molar refractivity (Wildman–Crippen MR) is 194 cm³/mol. The maximum atomic E-state index is 13.7. The lowest BCUT2D eigenvalue weighted by Gasteiger charge is -2.29. The Morgan fingerprint density at radius 3 is 2.60 bits per heavy atom. The molecule has 1 aromatic heterocycles. The second-order valence-electron chi connectivity index (χ2n) is 12.0. The molecule has 1 fully saturated rings. The Labute approximate surface area is 283 Å². The summed E-state index contributed by atoms with van der Waals surface area (Å²) >= 11 is 1.52. The van der Waals surface area contributed by atoms with Crippen LogP contribution >= 0.6 is 11.8 Å². The van der Waals surface area contributed by atoms with Gasteiger partial charge in [0.2, 0.25) is 11.8 Å². The third-order valence-electron chi connectivity index (χ3n) is 8.99. The fourth-order valence-corrected chi connectivity index (χ4v) is 7.03. The summed E-state index contributed by atoms with van der Waals surface area (Å²) in [4.78, 5) is 35.3. The zero-order valence-electron chi connectivity index (χ0n) is 26.8. The van der Waals surface area contributed by atoms with Gasteiger partial charge in [-0.1, -0.05) is 36.9 Å². The van der Waals surface area contributed by atoms with E-state index in [9.17, 15) is 14.0 Å². The fraction of sp³-hybridized carbons (Fsp3) is 0.243. The van der Waals surface area contributed by atoms with Crippen LogP contribution in [0.2, 0.25) is 0 Å². The van der Waals surface area contributed by atoms with Crippen LogP contribution in [0.25, 0.3) is 33.4 Å². The lowest BCUT2D eigenvalue weighted by Crippen LogP contribution is -2.45. The van der Waals surface area contributed by atoms with E-state index in [0.717, 1.165) is 34.0 Å². The van der Waals surface area contributed by atoms with E-state index in [-0.39, 0.29) is 24.2 Å². The molecular formula is C37H38FN7O2S. The standard InChI is InChI=1S/C37H38FN7O2S/c1-25(40-18-3-17-39)26-4-6-27(7-5-26)28-14-19-45(20-15-28)34(46)23-44-21-16-37(24-44,48-2)36(47)41-31-12-13-33-32(22-31)35(43-42-33)29-8-10-30(38)11-9-29/h3-14,17-18,22H,1,15-16,19-21,23-24,39H2,2H3,(H,41,47)(H,42,43)/b17-3-,40-18?/t37-/m0/s1. The van der Waals surface area contributed by atoms with Gasteiger partial charge in [0.05, 0.1) is 23.5 Å². The molecule has 246 valence electrons. The van der Waals surface area contributed by atoms with E-state index in [4.69, 9.17) is 5.73 Å². The zero-order chi connectivity index (χ0) is 33.7. The van der Waals surface area contributed by atoms with Gasteiger partial charge in [-0.2, -0.15) is 5.10 Å². The molecule has 2 amide bonds. The molecule has 0 aliphatic carbocycles. The summed E-state index contributed by atoms with van der Waals surface area (Å²) in [6.07, 6.45) is 10.2. The maximum absolute atomic E-state index is 13.7. The van der Waals surface area contributed by atoms with Crippen molar-refractivity contribution in [2.24, 2.45) is 10.7 Å². The number of halogens is 1. The van der Waals surface area contributed by atoms with E-state index in [1.165, 1.54) is 35.7 Å². The van der Waals surface area contributed by atoms with Crippen LogP contribution in [-0.2, 0) is 9.59 Å². The van der Waals surface area contributed by atoms with Crippen molar-refractivity contribution >= 4 is 57.7 Å². The molecule has 4 N–H and O–H groups in total. The molecule has 0 bridgehead atoms. The van der Waals surface area contributed by atoms with E-state index in [2.05, 4.69) is 50.2 Å². The first kappa shape index (κ1) is 32.9. The highest BCUT2D eigenvalue weighted by Crippen LogP contribution is 2.36. The van der Waals surface area contributed by atoms with E-state index < -0.39 is 4.75 Å². The van der Waals surface area contributed by atoms with Gasteiger partial charge < -0.3 is 16.0 Å². The van der Waals surface area contributed by atoms with Crippen LogP contribution in [0.3, 0.4) is 0 Å². The van der Waals surface area contributed by atoms with Gasteiger partial charge in [-0.05, 0) is 90.5 Å². The minimum absolute atomic E-state index is 0.0670. The monoisotopic (exact) mass is 663 g/mol. The van der Waals surface area contributed by atoms with Crippen molar-refractivity contribution in [3.05, 3.63) is 109 Å². The SMILES string of the molecule is C=C(N=C/C=C\N)c1ccc(C2=CCN(C(=O)CN3CC[C@@](SC)(C(=O)Nc4ccc5[nH]nc(-c6ccc(F)cc6)c5c4)C3)CC2)cc1. The number of amides is 2. The number of nitrogens with two attached hydrogens (primary N) is 1. The van der Waals surface area contributed by atoms with Crippen LogP contribution in [0.5, 0.6) is 0 Å². The molecule has 2 aliphatic heterocycles. The number of allylic oxidation sites excluding steroid dienone is 1. The molecule has 48 heavy (non-hydrogen) atoms. The van der Waals surface area contributed by atoms with Gasteiger partial charge in [0.25, 0.3) is 0 Å². The molecule has 0 unspecified atom stereocenters. The Balaban J connectivity index is 1.04. The average Bonchev–Trinajstić information content (AvgIpc) is 3.73. The Bertz CT molecular complexity index is 1920. The van der Waals surface area contributed by atoms with Gasteiger partial charge >= 0.3 is 0 Å². The number of rotatable bonds is 10. The normalized spacial score (nSPS) is 18.5. The Morgan fingerprint density at radius 2 is 1.90 bits per heavy atom. The first-order valence-corrected chi connectivity index (χ1v) is 17.0. The van der Waals surface area contributed by atoms with Crippen LogP contribution < -0.4 is 11.1 Å². The van der Waals surface area contributed by atoms with Gasteiger partial charge in [0.15, 0.2) is 0 Å². The molecular weight excluding hydrogens is 626 g/mol. The second kappa shape index (κ2) is 14.4. The summed E-state index contributed by atoms with van der Waals surface area (Å²) in [6, 6.07) is 19.9. The summed E-state index contributed by atoms with van der Waals surface area (Å²) < 4.78 is 12.8. The van der Waals surface area contributed by atoms with Crippen molar-refractivity contribution in [3.63, 3.8) is 0 Å². The molecule has 3 aromatic carbocycles. The number of likely N-dealkylation sites (tertiary alicyclic amines) is 1. The molecule has 2 aliphatic rings. The number of aromatic nitrogens is 2. The lowest BCUT2D eigenvalue weighted by atomic mass is 9.98. The quantitative estimate of drug-likeness (QED) is 0.181. The highest BCUT2D eigenvalue weighted by Gasteiger charge is 2.44. The number of aromatic amines is 1. The number of benzene rings is 3. The number of nitrogens with zero attached hydrogens (tertiary/aromatic N) is 4. The third-order valence-corrected chi connectivity index (χ3v) is 10.3. The fourth-order valence-electron chi connectivity index (χ4n) is 6.19. The van der Waals surface area contributed by atoms with Crippen molar-refractivity contribution in [2.45, 2.75) is 17.6 Å². The molecule has 6 rings (SSSR count). The highest BCUT2D eigenvalue weighted by atomic mass is 32.2. The largest absolute Gasteiger partial charge is 0.405 e. The number of hydrogen-bond donors (Lipinski definition) is 3. The lowest BCUT2D eigenvalue weighted by molar-refractivity contribution is -0.132. The molecule has 4 aromatic rings. The molecule has 0 saturated carbocycles. The van der Waals surface area contributed by atoms with E-state index in [1.54, 1.807) is 24.4 Å². The van der Waals surface area contributed by atoms with Crippen LogP contribution in [0.4, 0.5) is 10.1 Å². The van der Waals surface area contributed by atoms with Gasteiger partial charge in [-0.15, -0.1) is 11.8 Å². The average molecular weight is 664 g/mol. The van der Waals surface area contributed by atoms with Crippen molar-refractivity contribution in [1.29, 1.82) is 0 Å². The second-order valence-corrected chi connectivity index (χ2v) is 13.1. The number of hydrogen-bond acceptors (Lipinski definition) is 7. The Kier molecular flexibility index (Phi) is 9.88. The van der Waals surface area contributed by atoms with E-state index in [1.807, 2.05) is 41.5 Å². The van der Waals surface area contributed by atoms with E-state index in [0.29, 0.717) is 49.7 Å². The number of anilines is 1. The summed E-state index contributed by atoms with van der Waals surface area (Å²) in [5, 5.41) is 11.4. The van der Waals surface area contributed by atoms with Crippen LogP contribution in [0.1, 0.15) is 24.0 Å². The van der Waals surface area contributed by atoms with Crippen molar-refractivity contribution in [3.8, 4) is 11.3 Å². The van der Waals surface area contributed by atoms with Crippen LogP contribution in [0, 0.1) is 5.82 Å². The first-order valence-electron chi connectivity index (χ1n) is 15.8. The highest BCUT2D eigenvalue weighted by molar-refractivity contribution is 8.00. The number of thioether (sulfide) groups is 1. The number of H-pyrrole nitrogens is 1. The summed E-state index contributed by atoms with van der Waals surface area (Å²) in [6.45, 7) is 6.63. The molecule has 11 heteroatoms. The summed E-state index contributed by atoms with van der Waals surface area (Å²) in [5.74, 6) is -0.333. The Morgan fingerprint density at radius 1 is 1.12 bits per heavy atom. The van der Waals surface area contributed by atoms with Crippen molar-refractivity contribution in [1.82, 2.24) is 20.0 Å². The van der Waals surface area contributed by atoms with Crippen LogP contribution in [0.15, 0.2) is 96.7 Å². The van der Waals surface area contributed by atoms with Gasteiger partial charge in [-0.25, -0.2) is 4.39 Å². The molecule has 1 saturated heterocycles.